The lowest BCUT2D eigenvalue weighted by Gasteiger charge is -2.45. The van der Waals surface area contributed by atoms with Crippen LogP contribution in [-0.4, -0.2) is 60.1 Å². The molecule has 0 radical (unpaired) electrons. The van der Waals surface area contributed by atoms with E-state index in [1.165, 1.54) is 23.3 Å². The highest BCUT2D eigenvalue weighted by atomic mass is 16.7. The molecule has 1 aromatic heterocycles. The second-order valence-electron chi connectivity index (χ2n) is 9.62. The van der Waals surface area contributed by atoms with Crippen LogP contribution in [-0.2, 0) is 48.2 Å². The second kappa shape index (κ2) is 14.7. The van der Waals surface area contributed by atoms with Gasteiger partial charge in [0.15, 0.2) is 12.4 Å². The van der Waals surface area contributed by atoms with Crippen LogP contribution in [0.1, 0.15) is 16.7 Å². The zero-order valence-electron chi connectivity index (χ0n) is 22.9. The first-order chi connectivity index (χ1) is 20.2. The van der Waals surface area contributed by atoms with Crippen molar-refractivity contribution in [2.24, 2.45) is 0 Å². The van der Waals surface area contributed by atoms with Gasteiger partial charge in [0.25, 0.3) is 0 Å². The van der Waals surface area contributed by atoms with Gasteiger partial charge >= 0.3 is 6.09 Å². The van der Waals surface area contributed by atoms with Crippen LogP contribution < -0.4 is 0 Å². The lowest BCUT2D eigenvalue weighted by Crippen LogP contribution is -2.62. The van der Waals surface area contributed by atoms with Crippen LogP contribution in [0.15, 0.2) is 110 Å². The average molecular weight is 559 g/mol. The summed E-state index contributed by atoms with van der Waals surface area (Å²) in [4.78, 5) is 17.1. The maximum absolute atomic E-state index is 13.1. The van der Waals surface area contributed by atoms with Crippen molar-refractivity contribution in [2.75, 3.05) is 13.7 Å². The van der Waals surface area contributed by atoms with Gasteiger partial charge in [-0.2, -0.15) is 0 Å². The Morgan fingerprint density at radius 2 is 1.34 bits per heavy atom. The van der Waals surface area contributed by atoms with Crippen molar-refractivity contribution < 1.29 is 33.2 Å². The Kier molecular flexibility index (Phi) is 10.3. The van der Waals surface area contributed by atoms with Crippen molar-refractivity contribution in [1.82, 2.24) is 9.55 Å². The molecule has 9 heteroatoms. The summed E-state index contributed by atoms with van der Waals surface area (Å²) >= 11 is 0. The Balaban J connectivity index is 1.41. The second-order valence-corrected chi connectivity index (χ2v) is 9.62. The highest BCUT2D eigenvalue weighted by Gasteiger charge is 2.50. The SMILES string of the molecule is CO[C@H]1O[C@H](COCc2ccccc2)[C@@H](OC(=O)n2ccnc2)[C@H](OCc2ccccc2)[C@H]1OCc1ccccc1. The van der Waals surface area contributed by atoms with E-state index in [1.54, 1.807) is 7.11 Å². The first kappa shape index (κ1) is 28.7. The first-order valence-electron chi connectivity index (χ1n) is 13.5. The topological polar surface area (TPSA) is 90.3 Å². The van der Waals surface area contributed by atoms with Gasteiger partial charge in [0.1, 0.15) is 24.6 Å². The Morgan fingerprint density at radius 1 is 0.780 bits per heavy atom. The van der Waals surface area contributed by atoms with E-state index in [1.807, 2.05) is 91.0 Å². The Morgan fingerprint density at radius 3 is 1.88 bits per heavy atom. The molecule has 5 atom stereocenters. The van der Waals surface area contributed by atoms with Crippen molar-refractivity contribution in [3.05, 3.63) is 126 Å². The maximum atomic E-state index is 13.1. The molecule has 1 aliphatic heterocycles. The standard InChI is InChI=1S/C32H34N2O7/c1-36-31-30(39-21-26-15-9-4-10-16-26)29(38-20-25-13-7-3-8-14-25)28(41-32(35)34-18-17-33-23-34)27(40-31)22-37-19-24-11-5-2-6-12-24/h2-18,23,27-31H,19-22H2,1H3/t27-,28-,29+,30-,31+/m1/s1. The minimum Gasteiger partial charge on any atom is -0.440 e. The molecule has 2 heterocycles. The number of ether oxygens (including phenoxy) is 6. The number of aromatic nitrogens is 2. The van der Waals surface area contributed by atoms with Gasteiger partial charge in [0.2, 0.25) is 0 Å². The van der Waals surface area contributed by atoms with E-state index in [0.29, 0.717) is 6.61 Å². The third-order valence-corrected chi connectivity index (χ3v) is 6.74. The maximum Gasteiger partial charge on any atom is 0.419 e. The Bertz CT molecular complexity index is 1310. The molecule has 5 rings (SSSR count). The summed E-state index contributed by atoms with van der Waals surface area (Å²) in [6, 6.07) is 29.4. The monoisotopic (exact) mass is 558 g/mol. The van der Waals surface area contributed by atoms with Gasteiger partial charge < -0.3 is 28.4 Å². The molecule has 0 saturated carbocycles. The lowest BCUT2D eigenvalue weighted by molar-refractivity contribution is -0.314. The largest absolute Gasteiger partial charge is 0.440 e. The van der Waals surface area contributed by atoms with Crippen LogP contribution in [0.3, 0.4) is 0 Å². The van der Waals surface area contributed by atoms with E-state index in [-0.39, 0.29) is 19.8 Å². The number of hydrogen-bond donors (Lipinski definition) is 0. The third-order valence-electron chi connectivity index (χ3n) is 6.74. The summed E-state index contributed by atoms with van der Waals surface area (Å²) in [6.45, 7) is 1.05. The molecule has 0 bridgehead atoms. The molecule has 1 fully saturated rings. The van der Waals surface area contributed by atoms with Crippen molar-refractivity contribution in [3.63, 3.8) is 0 Å². The van der Waals surface area contributed by atoms with Gasteiger partial charge in [-0.25, -0.2) is 14.3 Å². The van der Waals surface area contributed by atoms with Crippen LogP contribution in [0.2, 0.25) is 0 Å². The molecular weight excluding hydrogens is 524 g/mol. The van der Waals surface area contributed by atoms with Gasteiger partial charge in [0, 0.05) is 19.5 Å². The van der Waals surface area contributed by atoms with Gasteiger partial charge in [-0.15, -0.1) is 0 Å². The van der Waals surface area contributed by atoms with Gasteiger partial charge in [-0.05, 0) is 16.7 Å². The molecule has 0 aliphatic carbocycles. The number of imidazole rings is 1. The van der Waals surface area contributed by atoms with E-state index < -0.39 is 36.8 Å². The van der Waals surface area contributed by atoms with E-state index >= 15 is 0 Å². The molecule has 0 spiro atoms. The fourth-order valence-corrected chi connectivity index (χ4v) is 4.66. The smallest absolute Gasteiger partial charge is 0.419 e. The summed E-state index contributed by atoms with van der Waals surface area (Å²) in [5.74, 6) is 0. The molecule has 3 aromatic carbocycles. The van der Waals surface area contributed by atoms with E-state index in [0.717, 1.165) is 16.7 Å². The fourth-order valence-electron chi connectivity index (χ4n) is 4.66. The molecule has 9 nitrogen and oxygen atoms in total. The molecule has 1 aliphatic rings. The van der Waals surface area contributed by atoms with Crippen molar-refractivity contribution in [1.29, 1.82) is 0 Å². The summed E-state index contributed by atoms with van der Waals surface area (Å²) in [5, 5.41) is 0. The number of carbonyl (C=O) groups is 1. The van der Waals surface area contributed by atoms with E-state index in [9.17, 15) is 4.79 Å². The summed E-state index contributed by atoms with van der Waals surface area (Å²) in [6.07, 6.45) is -0.0317. The van der Waals surface area contributed by atoms with E-state index in [4.69, 9.17) is 28.4 Å². The minimum absolute atomic E-state index is 0.132. The normalized spacial score (nSPS) is 22.3. The fraction of sp³-hybridized carbons (Fsp3) is 0.312. The molecule has 0 unspecified atom stereocenters. The minimum atomic E-state index is -0.878. The molecule has 0 amide bonds. The molecule has 41 heavy (non-hydrogen) atoms. The zero-order valence-corrected chi connectivity index (χ0v) is 22.9. The number of benzene rings is 3. The Hall–Kier alpha value is -3.86. The third kappa shape index (κ3) is 7.87. The molecule has 4 aromatic rings. The molecule has 1 saturated heterocycles. The molecular formula is C32H34N2O7. The van der Waals surface area contributed by atoms with E-state index in [2.05, 4.69) is 4.98 Å². The van der Waals surface area contributed by atoms with Crippen LogP contribution in [0.4, 0.5) is 4.79 Å². The number of hydrogen-bond acceptors (Lipinski definition) is 8. The highest BCUT2D eigenvalue weighted by Crippen LogP contribution is 2.31. The molecule has 0 N–H and O–H groups in total. The van der Waals surface area contributed by atoms with Crippen LogP contribution in [0.25, 0.3) is 0 Å². The molecule has 214 valence electrons. The lowest BCUT2D eigenvalue weighted by atomic mass is 9.98. The number of methoxy groups -OCH3 is 1. The van der Waals surface area contributed by atoms with Crippen LogP contribution in [0, 0.1) is 0 Å². The highest BCUT2D eigenvalue weighted by molar-refractivity contribution is 5.70. The zero-order chi connectivity index (χ0) is 28.3. The number of carbonyl (C=O) groups excluding carboxylic acids is 1. The van der Waals surface area contributed by atoms with Crippen LogP contribution in [0.5, 0.6) is 0 Å². The van der Waals surface area contributed by atoms with Crippen molar-refractivity contribution >= 4 is 6.09 Å². The summed E-state index contributed by atoms with van der Waals surface area (Å²) in [7, 11) is 1.55. The number of rotatable bonds is 12. The van der Waals surface area contributed by atoms with Crippen molar-refractivity contribution in [2.45, 2.75) is 50.5 Å². The average Bonchev–Trinajstić information content (AvgIpc) is 3.57. The Labute approximate surface area is 239 Å². The summed E-state index contributed by atoms with van der Waals surface area (Å²) in [5.41, 5.74) is 2.95. The predicted molar refractivity (Wildman–Crippen MR) is 150 cm³/mol. The predicted octanol–water partition coefficient (Wildman–Crippen LogP) is 5.00. The van der Waals surface area contributed by atoms with Gasteiger partial charge in [-0.3, -0.25) is 0 Å². The van der Waals surface area contributed by atoms with Crippen LogP contribution >= 0.6 is 0 Å². The van der Waals surface area contributed by atoms with Gasteiger partial charge in [-0.1, -0.05) is 91.0 Å². The van der Waals surface area contributed by atoms with Crippen molar-refractivity contribution in [3.8, 4) is 0 Å². The quantitative estimate of drug-likeness (QED) is 0.240. The van der Waals surface area contributed by atoms with Gasteiger partial charge in [0.05, 0.1) is 26.4 Å². The first-order valence-corrected chi connectivity index (χ1v) is 13.5. The summed E-state index contributed by atoms with van der Waals surface area (Å²) < 4.78 is 38.3. The number of nitrogens with zero attached hydrogens (tertiary/aromatic N) is 2.